The molecule has 2 aromatic rings. The van der Waals surface area contributed by atoms with Crippen molar-refractivity contribution in [3.8, 4) is 0 Å². The van der Waals surface area contributed by atoms with Crippen LogP contribution >= 0.6 is 0 Å². The minimum absolute atomic E-state index is 0.0310. The normalized spacial score (nSPS) is 17.5. The molecule has 0 radical (unpaired) electrons. The van der Waals surface area contributed by atoms with Crippen molar-refractivity contribution in [3.63, 3.8) is 0 Å². The third-order valence-corrected chi connectivity index (χ3v) is 7.10. The van der Waals surface area contributed by atoms with Gasteiger partial charge < -0.3 is 20.4 Å². The number of amides is 4. The van der Waals surface area contributed by atoms with E-state index in [0.717, 1.165) is 49.0 Å². The highest BCUT2D eigenvalue weighted by Gasteiger charge is 2.30. The molecule has 4 heterocycles. The number of hydrogen-bond acceptors (Lipinski definition) is 5. The Morgan fingerprint density at radius 1 is 1.00 bits per heavy atom. The Hall–Kier alpha value is -3.75. The number of anilines is 2. The van der Waals surface area contributed by atoms with E-state index in [0.29, 0.717) is 43.7 Å². The number of carbonyl (C=O) groups is 4. The molecule has 0 atom stereocenters. The van der Waals surface area contributed by atoms with Gasteiger partial charge in [0.2, 0.25) is 5.91 Å². The molecule has 182 valence electrons. The minimum Gasteiger partial charge on any atom is -0.348 e. The van der Waals surface area contributed by atoms with Gasteiger partial charge in [0.1, 0.15) is 0 Å². The zero-order chi connectivity index (χ0) is 24.4. The second-order valence-corrected chi connectivity index (χ2v) is 9.43. The average molecular weight is 476 g/mol. The summed E-state index contributed by atoms with van der Waals surface area (Å²) in [4.78, 5) is 57.4. The molecular weight excluding hydrogens is 446 g/mol. The van der Waals surface area contributed by atoms with Crippen LogP contribution in [0.3, 0.4) is 0 Å². The molecule has 3 aliphatic rings. The quantitative estimate of drug-likeness (QED) is 0.657. The van der Waals surface area contributed by atoms with Gasteiger partial charge in [0.25, 0.3) is 5.91 Å². The third-order valence-electron chi connectivity index (χ3n) is 7.10. The average Bonchev–Trinajstić information content (AvgIpc) is 2.89. The highest BCUT2D eigenvalue weighted by Crippen LogP contribution is 2.37. The molecule has 1 fully saturated rings. The van der Waals surface area contributed by atoms with Crippen molar-refractivity contribution in [3.05, 3.63) is 53.3 Å². The van der Waals surface area contributed by atoms with E-state index in [1.807, 2.05) is 17.0 Å². The van der Waals surface area contributed by atoms with Gasteiger partial charge in [0.15, 0.2) is 0 Å². The van der Waals surface area contributed by atoms with Gasteiger partial charge in [-0.1, -0.05) is 0 Å². The number of rotatable bonds is 4. The van der Waals surface area contributed by atoms with Gasteiger partial charge in [-0.05, 0) is 73.4 Å². The Morgan fingerprint density at radius 3 is 2.51 bits per heavy atom. The molecule has 1 aromatic carbocycles. The molecule has 0 unspecified atom stereocenters. The highest BCUT2D eigenvalue weighted by molar-refractivity contribution is 6.39. The fraction of sp³-hybridized carbons (Fsp3) is 0.423. The summed E-state index contributed by atoms with van der Waals surface area (Å²) in [5.41, 5.74) is 4.25. The summed E-state index contributed by atoms with van der Waals surface area (Å²) in [5, 5.41) is 5.48. The Balaban J connectivity index is 1.12. The zero-order valence-electron chi connectivity index (χ0n) is 19.6. The molecule has 4 amide bonds. The van der Waals surface area contributed by atoms with Crippen molar-refractivity contribution >= 4 is 35.0 Å². The first-order valence-corrected chi connectivity index (χ1v) is 12.2. The van der Waals surface area contributed by atoms with Crippen molar-refractivity contribution in [2.24, 2.45) is 5.92 Å². The fourth-order valence-electron chi connectivity index (χ4n) is 5.24. The van der Waals surface area contributed by atoms with Crippen molar-refractivity contribution in [1.29, 1.82) is 0 Å². The SMILES string of the molecule is O=C(NCC1CCN(C(=O)c2cccnc2)CC1)C(=O)Nc1cc2c3c(c1)CCC(=O)N3CCC2. The molecule has 35 heavy (non-hydrogen) atoms. The number of piperidine rings is 1. The number of nitrogens with zero attached hydrogens (tertiary/aromatic N) is 3. The Labute approximate surface area is 203 Å². The van der Waals surface area contributed by atoms with Crippen molar-refractivity contribution in [1.82, 2.24) is 15.2 Å². The molecule has 3 aliphatic heterocycles. The summed E-state index contributed by atoms with van der Waals surface area (Å²) in [6.07, 6.45) is 7.59. The molecule has 9 heteroatoms. The molecule has 2 N–H and O–H groups in total. The summed E-state index contributed by atoms with van der Waals surface area (Å²) in [6.45, 7) is 2.35. The van der Waals surface area contributed by atoms with E-state index in [1.54, 1.807) is 29.4 Å². The second kappa shape index (κ2) is 9.85. The molecule has 1 saturated heterocycles. The van der Waals surface area contributed by atoms with Gasteiger partial charge in [-0.2, -0.15) is 0 Å². The van der Waals surface area contributed by atoms with E-state index in [4.69, 9.17) is 0 Å². The lowest BCUT2D eigenvalue weighted by molar-refractivity contribution is -0.136. The molecule has 0 saturated carbocycles. The Morgan fingerprint density at radius 2 is 1.77 bits per heavy atom. The van der Waals surface area contributed by atoms with Crippen LogP contribution in [0, 0.1) is 5.92 Å². The first kappa shape index (κ1) is 23.0. The molecule has 5 rings (SSSR count). The summed E-state index contributed by atoms with van der Waals surface area (Å²) in [5.74, 6) is -1.03. The van der Waals surface area contributed by atoms with Crippen LogP contribution in [-0.4, -0.2) is 59.7 Å². The van der Waals surface area contributed by atoms with Gasteiger partial charge >= 0.3 is 11.8 Å². The smallest absolute Gasteiger partial charge is 0.313 e. The maximum atomic E-state index is 12.6. The standard InChI is InChI=1S/C26H29N5O4/c32-22-6-5-19-14-21(13-18-4-2-10-31(22)23(18)19)29-25(34)24(33)28-15-17-7-11-30(12-8-17)26(35)20-3-1-9-27-16-20/h1,3,9,13-14,16-17H,2,4-8,10-12,15H2,(H,28,33)(H,29,34). The second-order valence-electron chi connectivity index (χ2n) is 9.43. The van der Waals surface area contributed by atoms with Crippen LogP contribution in [0.1, 0.15) is 47.2 Å². The number of hydrogen-bond donors (Lipinski definition) is 2. The van der Waals surface area contributed by atoms with Crippen LogP contribution in [0.5, 0.6) is 0 Å². The largest absolute Gasteiger partial charge is 0.348 e. The van der Waals surface area contributed by atoms with E-state index in [2.05, 4.69) is 15.6 Å². The van der Waals surface area contributed by atoms with E-state index in [-0.39, 0.29) is 17.7 Å². The lowest BCUT2D eigenvalue weighted by atomic mass is 9.91. The third kappa shape index (κ3) is 4.89. The fourth-order valence-corrected chi connectivity index (χ4v) is 5.24. The molecule has 0 spiro atoms. The van der Waals surface area contributed by atoms with Crippen LogP contribution in [0.2, 0.25) is 0 Å². The maximum absolute atomic E-state index is 12.6. The predicted molar refractivity (Wildman–Crippen MR) is 130 cm³/mol. The summed E-state index contributed by atoms with van der Waals surface area (Å²) in [6, 6.07) is 7.26. The maximum Gasteiger partial charge on any atom is 0.313 e. The van der Waals surface area contributed by atoms with E-state index < -0.39 is 11.8 Å². The predicted octanol–water partition coefficient (Wildman–Crippen LogP) is 1.91. The highest BCUT2D eigenvalue weighted by atomic mass is 16.2. The summed E-state index contributed by atoms with van der Waals surface area (Å²) in [7, 11) is 0. The van der Waals surface area contributed by atoms with Gasteiger partial charge in [0, 0.05) is 50.7 Å². The van der Waals surface area contributed by atoms with E-state index in [1.165, 1.54) is 0 Å². The number of carbonyl (C=O) groups excluding carboxylic acids is 4. The number of likely N-dealkylation sites (tertiary alicyclic amines) is 1. The first-order valence-electron chi connectivity index (χ1n) is 12.2. The number of benzene rings is 1. The van der Waals surface area contributed by atoms with Gasteiger partial charge in [-0.3, -0.25) is 24.2 Å². The minimum atomic E-state index is -0.694. The van der Waals surface area contributed by atoms with Gasteiger partial charge in [0.05, 0.1) is 11.3 Å². The Kier molecular flexibility index (Phi) is 6.48. The lowest BCUT2D eigenvalue weighted by Gasteiger charge is -2.35. The van der Waals surface area contributed by atoms with Gasteiger partial charge in [-0.25, -0.2) is 0 Å². The van der Waals surface area contributed by atoms with Crippen molar-refractivity contribution in [2.75, 3.05) is 36.4 Å². The van der Waals surface area contributed by atoms with Crippen LogP contribution < -0.4 is 15.5 Å². The zero-order valence-corrected chi connectivity index (χ0v) is 19.6. The molecule has 9 nitrogen and oxygen atoms in total. The van der Waals surface area contributed by atoms with Crippen molar-refractivity contribution in [2.45, 2.75) is 38.5 Å². The topological polar surface area (TPSA) is 112 Å². The number of nitrogens with one attached hydrogen (secondary N) is 2. The molecular formula is C26H29N5O4. The number of aryl methyl sites for hydroxylation is 2. The van der Waals surface area contributed by atoms with Crippen LogP contribution in [0.25, 0.3) is 0 Å². The van der Waals surface area contributed by atoms with Crippen LogP contribution in [0.15, 0.2) is 36.7 Å². The summed E-state index contributed by atoms with van der Waals surface area (Å²) >= 11 is 0. The van der Waals surface area contributed by atoms with E-state index in [9.17, 15) is 19.2 Å². The first-order chi connectivity index (χ1) is 17.0. The number of aromatic nitrogens is 1. The molecule has 1 aromatic heterocycles. The molecule has 0 aliphatic carbocycles. The van der Waals surface area contributed by atoms with Crippen molar-refractivity contribution < 1.29 is 19.2 Å². The Bertz CT molecular complexity index is 1140. The summed E-state index contributed by atoms with van der Waals surface area (Å²) < 4.78 is 0. The lowest BCUT2D eigenvalue weighted by Crippen LogP contribution is -2.43. The van der Waals surface area contributed by atoms with Gasteiger partial charge in [-0.15, -0.1) is 0 Å². The van der Waals surface area contributed by atoms with Crippen LogP contribution in [0.4, 0.5) is 11.4 Å². The molecule has 0 bridgehead atoms. The number of pyridine rings is 1. The van der Waals surface area contributed by atoms with E-state index >= 15 is 0 Å². The van der Waals surface area contributed by atoms with Crippen LogP contribution in [-0.2, 0) is 27.2 Å². The monoisotopic (exact) mass is 475 g/mol.